The van der Waals surface area contributed by atoms with Gasteiger partial charge in [0, 0.05) is 5.41 Å². The van der Waals surface area contributed by atoms with E-state index in [0.29, 0.717) is 11.5 Å². The highest BCUT2D eigenvalue weighted by Crippen LogP contribution is 2.33. The first-order chi connectivity index (χ1) is 17.2. The minimum Gasteiger partial charge on any atom is -0.493 e. The average Bonchev–Trinajstić information content (AvgIpc) is 2.84. The van der Waals surface area contributed by atoms with Crippen molar-refractivity contribution < 1.29 is 28.7 Å². The van der Waals surface area contributed by atoms with Crippen LogP contribution in [0.5, 0.6) is 11.5 Å². The van der Waals surface area contributed by atoms with Gasteiger partial charge in [0.25, 0.3) is 0 Å². The van der Waals surface area contributed by atoms with Gasteiger partial charge in [0.1, 0.15) is 34.6 Å². The molecule has 37 heavy (non-hydrogen) atoms. The summed E-state index contributed by atoms with van der Waals surface area (Å²) in [6, 6.07) is 15.3. The van der Waals surface area contributed by atoms with Crippen molar-refractivity contribution in [1.29, 1.82) is 0 Å². The van der Waals surface area contributed by atoms with Crippen LogP contribution in [0.4, 0.5) is 0 Å². The Morgan fingerprint density at radius 2 is 0.919 bits per heavy atom. The summed E-state index contributed by atoms with van der Waals surface area (Å²) in [7, 11) is 0. The van der Waals surface area contributed by atoms with E-state index in [2.05, 4.69) is 39.1 Å². The number of rotatable bonds is 14. The molecule has 0 radical (unpaired) electrons. The van der Waals surface area contributed by atoms with E-state index < -0.39 is 22.3 Å². The molecule has 2 rings (SSSR count). The number of carbonyl (C=O) groups excluding carboxylic acids is 4. The molecule has 6 nitrogen and oxygen atoms in total. The highest BCUT2D eigenvalue weighted by atomic mass is 32.1. The Labute approximate surface area is 230 Å². The van der Waals surface area contributed by atoms with E-state index in [1.165, 1.54) is 27.7 Å². The fourth-order valence-corrected chi connectivity index (χ4v) is 4.49. The lowest BCUT2D eigenvalue weighted by Gasteiger charge is -2.27. The van der Waals surface area contributed by atoms with Crippen molar-refractivity contribution >= 4 is 48.4 Å². The molecule has 0 bridgehead atoms. The Bertz CT molecular complexity index is 1020. The summed E-state index contributed by atoms with van der Waals surface area (Å²) in [5.74, 6) is -0.613. The Morgan fingerprint density at radius 3 is 1.16 bits per heavy atom. The molecular formula is C29H36O6S2. The number of hydrogen-bond acceptors (Lipinski definition) is 8. The van der Waals surface area contributed by atoms with Gasteiger partial charge in [0.15, 0.2) is 0 Å². The smallest absolute Gasteiger partial charge is 0.143 e. The van der Waals surface area contributed by atoms with Crippen LogP contribution in [0, 0.1) is 11.8 Å². The lowest BCUT2D eigenvalue weighted by Crippen LogP contribution is -2.33. The second kappa shape index (κ2) is 13.3. The predicted octanol–water partition coefficient (Wildman–Crippen LogP) is 4.96. The maximum absolute atomic E-state index is 11.9. The van der Waals surface area contributed by atoms with Crippen molar-refractivity contribution in [1.82, 2.24) is 0 Å². The molecule has 0 heterocycles. The SMILES string of the molecule is CC(=O)C(S)C(COc1ccc(C(C)(C)c2ccc(OCC(C(C)=O)C(S)C(C)=O)cc2)cc1)C(C)=O. The number of ketones is 4. The number of thiol groups is 2. The largest absolute Gasteiger partial charge is 0.493 e. The zero-order valence-corrected chi connectivity index (χ0v) is 24.0. The van der Waals surface area contributed by atoms with E-state index in [0.717, 1.165) is 11.1 Å². The third kappa shape index (κ3) is 8.20. The summed E-state index contributed by atoms with van der Waals surface area (Å²) < 4.78 is 11.6. The molecule has 4 unspecified atom stereocenters. The summed E-state index contributed by atoms with van der Waals surface area (Å²) in [6.07, 6.45) is 0. The highest BCUT2D eigenvalue weighted by molar-refractivity contribution is 7.82. The van der Waals surface area contributed by atoms with Crippen LogP contribution in [0.1, 0.15) is 52.7 Å². The first-order valence-corrected chi connectivity index (χ1v) is 13.1. The van der Waals surface area contributed by atoms with Gasteiger partial charge in [-0.1, -0.05) is 38.1 Å². The topological polar surface area (TPSA) is 86.7 Å². The molecule has 4 atom stereocenters. The normalized spacial score (nSPS) is 14.7. The maximum Gasteiger partial charge on any atom is 0.143 e. The Morgan fingerprint density at radius 1 is 0.622 bits per heavy atom. The van der Waals surface area contributed by atoms with Gasteiger partial charge in [-0.15, -0.1) is 0 Å². The van der Waals surface area contributed by atoms with Crippen molar-refractivity contribution in [3.8, 4) is 11.5 Å². The highest BCUT2D eigenvalue weighted by Gasteiger charge is 2.28. The maximum atomic E-state index is 11.9. The van der Waals surface area contributed by atoms with E-state index in [9.17, 15) is 19.2 Å². The quantitative estimate of drug-likeness (QED) is 0.327. The van der Waals surface area contributed by atoms with E-state index in [-0.39, 0.29) is 41.8 Å². The molecule has 2 aromatic rings. The third-order valence-corrected chi connectivity index (χ3v) is 8.10. The summed E-state index contributed by atoms with van der Waals surface area (Å²) >= 11 is 8.53. The van der Waals surface area contributed by atoms with Crippen molar-refractivity contribution in [3.63, 3.8) is 0 Å². The summed E-state index contributed by atoms with van der Waals surface area (Å²) in [5, 5.41) is -1.38. The molecule has 0 aliphatic rings. The Balaban J connectivity index is 2.07. The van der Waals surface area contributed by atoms with Crippen LogP contribution >= 0.6 is 25.3 Å². The number of hydrogen-bond donors (Lipinski definition) is 2. The fourth-order valence-electron chi connectivity index (χ4n) is 3.90. The summed E-state index contributed by atoms with van der Waals surface area (Å²) in [4.78, 5) is 47.1. The minimum atomic E-state index is -0.690. The lowest BCUT2D eigenvalue weighted by atomic mass is 9.78. The van der Waals surface area contributed by atoms with Gasteiger partial charge in [0.2, 0.25) is 0 Å². The standard InChI is InChI=1S/C29H36O6S2/c1-17(30)25(27(36)19(3)32)15-34-23-11-7-21(8-12-23)29(5,6)22-9-13-24(14-10-22)35-16-26(18(2)31)28(37)20(4)33/h7-14,25-28,36-37H,15-16H2,1-6H3. The molecule has 200 valence electrons. The van der Waals surface area contributed by atoms with Crippen LogP contribution in [0.15, 0.2) is 48.5 Å². The van der Waals surface area contributed by atoms with Crippen LogP contribution in [-0.4, -0.2) is 46.8 Å². The lowest BCUT2D eigenvalue weighted by molar-refractivity contribution is -0.126. The van der Waals surface area contributed by atoms with Crippen LogP contribution < -0.4 is 9.47 Å². The Hall–Kier alpha value is -2.58. The first kappa shape index (κ1) is 30.6. The molecule has 2 aromatic carbocycles. The first-order valence-electron chi connectivity index (χ1n) is 12.1. The second-order valence-electron chi connectivity index (χ2n) is 9.84. The third-order valence-electron chi connectivity index (χ3n) is 6.65. The molecule has 0 fully saturated rings. The zero-order chi connectivity index (χ0) is 27.9. The molecular weight excluding hydrogens is 508 g/mol. The van der Waals surface area contributed by atoms with Gasteiger partial charge in [-0.2, -0.15) is 25.3 Å². The minimum absolute atomic E-state index is 0.0815. The molecule has 0 amide bonds. The van der Waals surface area contributed by atoms with E-state index in [1.54, 1.807) is 0 Å². The number of benzene rings is 2. The van der Waals surface area contributed by atoms with Crippen molar-refractivity contribution in [2.75, 3.05) is 13.2 Å². The number of Topliss-reactive ketones (excluding diaryl/α,β-unsaturated/α-hetero) is 4. The monoisotopic (exact) mass is 544 g/mol. The molecule has 8 heteroatoms. The van der Waals surface area contributed by atoms with Crippen LogP contribution in [0.3, 0.4) is 0 Å². The van der Waals surface area contributed by atoms with Crippen molar-refractivity contribution in [3.05, 3.63) is 59.7 Å². The van der Waals surface area contributed by atoms with Crippen LogP contribution in [-0.2, 0) is 24.6 Å². The van der Waals surface area contributed by atoms with Crippen molar-refractivity contribution in [2.24, 2.45) is 11.8 Å². The zero-order valence-electron chi connectivity index (χ0n) is 22.2. The number of carbonyl (C=O) groups is 4. The molecule has 0 N–H and O–H groups in total. The average molecular weight is 545 g/mol. The van der Waals surface area contributed by atoms with Gasteiger partial charge < -0.3 is 9.47 Å². The Kier molecular flexibility index (Phi) is 11.0. The molecule has 0 aliphatic heterocycles. The van der Waals surface area contributed by atoms with E-state index in [1.807, 2.05) is 48.5 Å². The van der Waals surface area contributed by atoms with Crippen molar-refractivity contribution in [2.45, 2.75) is 57.5 Å². The molecule has 0 spiro atoms. The summed E-state index contributed by atoms with van der Waals surface area (Å²) in [6.45, 7) is 10.1. The number of ether oxygens (including phenoxy) is 2. The fraction of sp³-hybridized carbons (Fsp3) is 0.448. The van der Waals surface area contributed by atoms with E-state index in [4.69, 9.17) is 9.47 Å². The molecule has 0 saturated heterocycles. The van der Waals surface area contributed by atoms with Gasteiger partial charge in [-0.3, -0.25) is 19.2 Å². The van der Waals surface area contributed by atoms with Gasteiger partial charge in [0.05, 0.1) is 35.5 Å². The predicted molar refractivity (Wildman–Crippen MR) is 151 cm³/mol. The van der Waals surface area contributed by atoms with E-state index >= 15 is 0 Å². The van der Waals surface area contributed by atoms with Gasteiger partial charge in [-0.25, -0.2) is 0 Å². The van der Waals surface area contributed by atoms with Gasteiger partial charge >= 0.3 is 0 Å². The van der Waals surface area contributed by atoms with Crippen LogP contribution in [0.25, 0.3) is 0 Å². The second-order valence-corrected chi connectivity index (χ2v) is 11.0. The van der Waals surface area contributed by atoms with Crippen LogP contribution in [0.2, 0.25) is 0 Å². The molecule has 0 aromatic heterocycles. The molecule has 0 saturated carbocycles. The molecule has 0 aliphatic carbocycles. The summed E-state index contributed by atoms with van der Waals surface area (Å²) in [5.41, 5.74) is 1.79. The van der Waals surface area contributed by atoms with Gasteiger partial charge in [-0.05, 0) is 63.1 Å².